The van der Waals surface area contributed by atoms with E-state index < -0.39 is 15.9 Å². The molecule has 1 N–H and O–H groups in total. The van der Waals surface area contributed by atoms with Gasteiger partial charge >= 0.3 is 0 Å². The van der Waals surface area contributed by atoms with Crippen LogP contribution in [0.3, 0.4) is 0 Å². The van der Waals surface area contributed by atoms with E-state index in [2.05, 4.69) is 5.32 Å². The van der Waals surface area contributed by atoms with Crippen molar-refractivity contribution in [3.63, 3.8) is 0 Å². The lowest BCUT2D eigenvalue weighted by molar-refractivity contribution is -0.118. The van der Waals surface area contributed by atoms with Gasteiger partial charge in [-0.3, -0.25) is 9.10 Å². The number of ether oxygens (including phenoxy) is 1. The van der Waals surface area contributed by atoms with E-state index in [-0.39, 0.29) is 22.3 Å². The maximum absolute atomic E-state index is 13.1. The second kappa shape index (κ2) is 9.02. The largest absolute Gasteiger partial charge is 0.482 e. The first-order valence-corrected chi connectivity index (χ1v) is 12.0. The topological polar surface area (TPSA) is 75.7 Å². The van der Waals surface area contributed by atoms with Crippen LogP contribution >= 0.6 is 23.2 Å². The van der Waals surface area contributed by atoms with E-state index in [1.54, 1.807) is 24.3 Å². The summed E-state index contributed by atoms with van der Waals surface area (Å²) in [6.45, 7) is 1.95. The van der Waals surface area contributed by atoms with Crippen molar-refractivity contribution in [2.45, 2.75) is 18.2 Å². The number of sulfonamides is 1. The zero-order valence-corrected chi connectivity index (χ0v) is 19.5. The van der Waals surface area contributed by atoms with E-state index in [0.717, 1.165) is 11.1 Å². The molecule has 0 saturated carbocycles. The average molecular weight is 491 g/mol. The Balaban J connectivity index is 1.44. The lowest BCUT2D eigenvalue weighted by atomic mass is 10.2. The van der Waals surface area contributed by atoms with E-state index in [4.69, 9.17) is 27.9 Å². The normalized spacial score (nSPS) is 13.0. The summed E-state index contributed by atoms with van der Waals surface area (Å²) in [7, 11) is -3.77. The summed E-state index contributed by atoms with van der Waals surface area (Å²) < 4.78 is 33.1. The van der Waals surface area contributed by atoms with Gasteiger partial charge in [-0.05, 0) is 60.9 Å². The quantitative estimate of drug-likeness (QED) is 0.523. The van der Waals surface area contributed by atoms with Crippen LogP contribution in [0.2, 0.25) is 10.0 Å². The molecule has 3 aromatic carbocycles. The molecule has 0 bridgehead atoms. The molecule has 1 amide bonds. The Morgan fingerprint density at radius 3 is 2.59 bits per heavy atom. The lowest BCUT2D eigenvalue weighted by Gasteiger charge is -2.20. The smallest absolute Gasteiger partial charge is 0.264 e. The Hall–Kier alpha value is -2.74. The van der Waals surface area contributed by atoms with Crippen LogP contribution in [0.4, 0.5) is 11.4 Å². The summed E-state index contributed by atoms with van der Waals surface area (Å²) in [6, 6.07) is 16.8. The number of fused-ring (bicyclic) bond motifs is 1. The van der Waals surface area contributed by atoms with Gasteiger partial charge < -0.3 is 10.1 Å². The number of halogens is 2. The standard InChI is InChI=1S/C23H20Cl2N2O4S/c1-15-6-7-17(12-19(15)24)26-23(28)14-31-22-9-8-18(13-20(22)25)32(29,30)27-11-10-16-4-2-3-5-21(16)27/h2-9,12-13H,10-11,14H2,1H3,(H,26,28). The van der Waals surface area contributed by atoms with Crippen LogP contribution in [-0.2, 0) is 21.2 Å². The molecule has 0 fully saturated rings. The summed E-state index contributed by atoms with van der Waals surface area (Å²) >= 11 is 12.3. The Bertz CT molecular complexity index is 1290. The SMILES string of the molecule is Cc1ccc(NC(=O)COc2ccc(S(=O)(=O)N3CCc4ccccc43)cc2Cl)cc1Cl. The number of para-hydroxylation sites is 1. The number of aryl methyl sites for hydroxylation is 1. The van der Waals surface area contributed by atoms with Crippen molar-refractivity contribution in [1.82, 2.24) is 0 Å². The molecule has 0 saturated heterocycles. The predicted octanol–water partition coefficient (Wildman–Crippen LogP) is 5.07. The van der Waals surface area contributed by atoms with Crippen molar-refractivity contribution in [2.75, 3.05) is 22.8 Å². The number of benzene rings is 3. The highest BCUT2D eigenvalue weighted by Gasteiger charge is 2.31. The maximum atomic E-state index is 13.1. The minimum atomic E-state index is -3.77. The number of hydrogen-bond donors (Lipinski definition) is 1. The van der Waals surface area contributed by atoms with Gasteiger partial charge in [0.15, 0.2) is 6.61 Å². The number of amides is 1. The average Bonchev–Trinajstić information content (AvgIpc) is 3.20. The van der Waals surface area contributed by atoms with Gasteiger partial charge in [0.1, 0.15) is 5.75 Å². The van der Waals surface area contributed by atoms with Crippen LogP contribution in [0.5, 0.6) is 5.75 Å². The number of nitrogens with one attached hydrogen (secondary N) is 1. The molecule has 6 nitrogen and oxygen atoms in total. The molecule has 9 heteroatoms. The summed E-state index contributed by atoms with van der Waals surface area (Å²) in [4.78, 5) is 12.2. The first-order valence-electron chi connectivity index (χ1n) is 9.85. The van der Waals surface area contributed by atoms with Gasteiger partial charge in [-0.25, -0.2) is 8.42 Å². The van der Waals surface area contributed by atoms with Gasteiger partial charge in [-0.1, -0.05) is 47.5 Å². The third kappa shape index (κ3) is 4.55. The molecule has 1 heterocycles. The number of rotatable bonds is 6. The van der Waals surface area contributed by atoms with Gasteiger partial charge in [-0.15, -0.1) is 0 Å². The second-order valence-corrected chi connectivity index (χ2v) is 10.0. The number of carbonyl (C=O) groups is 1. The predicted molar refractivity (Wildman–Crippen MR) is 126 cm³/mol. The molecular weight excluding hydrogens is 471 g/mol. The van der Waals surface area contributed by atoms with Crippen LogP contribution in [0.25, 0.3) is 0 Å². The van der Waals surface area contributed by atoms with E-state index >= 15 is 0 Å². The van der Waals surface area contributed by atoms with E-state index in [1.165, 1.54) is 22.5 Å². The molecule has 166 valence electrons. The first-order chi connectivity index (χ1) is 15.3. The zero-order chi connectivity index (χ0) is 22.9. The summed E-state index contributed by atoms with van der Waals surface area (Å²) in [5, 5.41) is 3.33. The molecule has 4 rings (SSSR count). The molecule has 0 spiro atoms. The van der Waals surface area contributed by atoms with Crippen molar-refractivity contribution in [3.8, 4) is 5.75 Å². The van der Waals surface area contributed by atoms with Crippen LogP contribution in [0, 0.1) is 6.92 Å². The molecule has 0 unspecified atom stereocenters. The molecular formula is C23H20Cl2N2O4S. The fourth-order valence-corrected chi connectivity index (χ4v) is 5.47. The molecule has 1 aliphatic heterocycles. The van der Waals surface area contributed by atoms with Gasteiger partial charge in [-0.2, -0.15) is 0 Å². The summed E-state index contributed by atoms with van der Waals surface area (Å²) in [5.41, 5.74) is 3.12. The number of anilines is 2. The van der Waals surface area contributed by atoms with Crippen LogP contribution in [0.15, 0.2) is 65.6 Å². The van der Waals surface area contributed by atoms with Crippen LogP contribution in [-0.4, -0.2) is 27.5 Å². The minimum absolute atomic E-state index is 0.0605. The number of carbonyl (C=O) groups excluding carboxylic acids is 1. The van der Waals surface area contributed by atoms with Crippen LogP contribution in [0.1, 0.15) is 11.1 Å². The zero-order valence-electron chi connectivity index (χ0n) is 17.1. The number of hydrogen-bond acceptors (Lipinski definition) is 4. The Morgan fingerprint density at radius 1 is 1.06 bits per heavy atom. The van der Waals surface area contributed by atoms with Gasteiger partial charge in [0.2, 0.25) is 0 Å². The second-order valence-electron chi connectivity index (χ2n) is 7.35. The Morgan fingerprint density at radius 2 is 1.84 bits per heavy atom. The summed E-state index contributed by atoms with van der Waals surface area (Å²) in [6.07, 6.45) is 0.658. The monoisotopic (exact) mass is 490 g/mol. The fourth-order valence-electron chi connectivity index (χ4n) is 3.45. The molecule has 32 heavy (non-hydrogen) atoms. The molecule has 1 aliphatic rings. The fraction of sp³-hybridized carbons (Fsp3) is 0.174. The van der Waals surface area contributed by atoms with Crippen LogP contribution < -0.4 is 14.4 Å². The Labute approximate surface area is 196 Å². The minimum Gasteiger partial charge on any atom is -0.482 e. The highest BCUT2D eigenvalue weighted by Crippen LogP contribution is 2.35. The van der Waals surface area contributed by atoms with E-state index in [1.807, 2.05) is 25.1 Å². The third-order valence-electron chi connectivity index (χ3n) is 5.15. The first kappa shape index (κ1) is 22.5. The third-order valence-corrected chi connectivity index (χ3v) is 7.66. The number of nitrogens with zero attached hydrogens (tertiary/aromatic N) is 1. The maximum Gasteiger partial charge on any atom is 0.264 e. The molecule has 3 aromatic rings. The highest BCUT2D eigenvalue weighted by atomic mass is 35.5. The van der Waals surface area contributed by atoms with Gasteiger partial charge in [0, 0.05) is 17.3 Å². The molecule has 0 atom stereocenters. The Kier molecular flexibility index (Phi) is 6.33. The van der Waals surface area contributed by atoms with E-state index in [0.29, 0.717) is 29.4 Å². The molecule has 0 aliphatic carbocycles. The van der Waals surface area contributed by atoms with Crippen molar-refractivity contribution in [2.24, 2.45) is 0 Å². The summed E-state index contributed by atoms with van der Waals surface area (Å²) in [5.74, 6) is -0.184. The lowest BCUT2D eigenvalue weighted by Crippen LogP contribution is -2.29. The van der Waals surface area contributed by atoms with Crippen molar-refractivity contribution < 1.29 is 17.9 Å². The van der Waals surface area contributed by atoms with Crippen molar-refractivity contribution >= 4 is 50.5 Å². The molecule has 0 aromatic heterocycles. The van der Waals surface area contributed by atoms with Crippen molar-refractivity contribution in [3.05, 3.63) is 81.8 Å². The molecule has 0 radical (unpaired) electrons. The van der Waals surface area contributed by atoms with E-state index in [9.17, 15) is 13.2 Å². The van der Waals surface area contributed by atoms with Gasteiger partial charge in [0.05, 0.1) is 15.6 Å². The highest BCUT2D eigenvalue weighted by molar-refractivity contribution is 7.92. The van der Waals surface area contributed by atoms with Gasteiger partial charge in [0.25, 0.3) is 15.9 Å². The van der Waals surface area contributed by atoms with Crippen molar-refractivity contribution in [1.29, 1.82) is 0 Å².